The van der Waals surface area contributed by atoms with E-state index in [1.807, 2.05) is 18.2 Å². The summed E-state index contributed by atoms with van der Waals surface area (Å²) >= 11 is 0.900. The Morgan fingerprint density at radius 1 is 1.15 bits per heavy atom. The van der Waals surface area contributed by atoms with Gasteiger partial charge in [-0.25, -0.2) is 13.4 Å². The molecule has 3 aromatic heterocycles. The van der Waals surface area contributed by atoms with Crippen LogP contribution in [0.5, 0.6) is 17.4 Å². The highest BCUT2D eigenvalue weighted by Crippen LogP contribution is 2.32. The van der Waals surface area contributed by atoms with E-state index in [0.717, 1.165) is 17.6 Å². The molecular formula is C23H18N4O5S2. The van der Waals surface area contributed by atoms with Crippen molar-refractivity contribution in [3.05, 3.63) is 81.4 Å². The molecular weight excluding hydrogens is 476 g/mol. The predicted octanol–water partition coefficient (Wildman–Crippen LogP) is 3.80. The highest BCUT2D eigenvalue weighted by atomic mass is 32.2. The highest BCUT2D eigenvalue weighted by Gasteiger charge is 2.16. The van der Waals surface area contributed by atoms with Gasteiger partial charge in [0, 0.05) is 24.1 Å². The van der Waals surface area contributed by atoms with Crippen molar-refractivity contribution in [2.24, 2.45) is 0 Å². The monoisotopic (exact) mass is 494 g/mol. The molecule has 0 amide bonds. The van der Waals surface area contributed by atoms with Gasteiger partial charge < -0.3 is 14.8 Å². The zero-order valence-corrected chi connectivity index (χ0v) is 19.4. The predicted molar refractivity (Wildman–Crippen MR) is 128 cm³/mol. The van der Waals surface area contributed by atoms with Crippen molar-refractivity contribution in [2.75, 3.05) is 6.26 Å². The van der Waals surface area contributed by atoms with Gasteiger partial charge in [0.25, 0.3) is 0 Å². The number of fused-ring (bicyclic) bond motifs is 1. The Kier molecular flexibility index (Phi) is 5.42. The lowest BCUT2D eigenvalue weighted by molar-refractivity contribution is 0.418. The van der Waals surface area contributed by atoms with Crippen LogP contribution in [0.1, 0.15) is 5.56 Å². The van der Waals surface area contributed by atoms with Crippen molar-refractivity contribution in [1.82, 2.24) is 19.5 Å². The largest absolute Gasteiger partial charge is 0.494 e. The third-order valence-corrected chi connectivity index (χ3v) is 7.02. The molecule has 0 unspecified atom stereocenters. The topological polar surface area (TPSA) is 127 Å². The van der Waals surface area contributed by atoms with Gasteiger partial charge in [-0.05, 0) is 42.5 Å². The van der Waals surface area contributed by atoms with Gasteiger partial charge in [-0.15, -0.1) is 0 Å². The summed E-state index contributed by atoms with van der Waals surface area (Å²) < 4.78 is 30.8. The number of aromatic hydroxyl groups is 1. The van der Waals surface area contributed by atoms with Crippen LogP contribution in [0, 0.1) is 0 Å². The SMILES string of the molecule is CS(=O)(=O)c1ccc(Oc2cc3nc(-c4ccccn4)[nH]c3cc2Cn2c(O)csc2=O)cc1. The van der Waals surface area contributed by atoms with Crippen molar-refractivity contribution in [3.63, 3.8) is 0 Å². The maximum absolute atomic E-state index is 12.2. The average molecular weight is 495 g/mol. The van der Waals surface area contributed by atoms with Crippen LogP contribution in [0.4, 0.5) is 0 Å². The van der Waals surface area contributed by atoms with Gasteiger partial charge in [-0.2, -0.15) is 0 Å². The minimum atomic E-state index is -3.34. The number of imidazole rings is 1. The van der Waals surface area contributed by atoms with E-state index in [9.17, 15) is 18.3 Å². The van der Waals surface area contributed by atoms with Crippen LogP contribution in [-0.2, 0) is 16.4 Å². The fourth-order valence-electron chi connectivity index (χ4n) is 3.45. The van der Waals surface area contributed by atoms with E-state index in [1.165, 1.54) is 22.1 Å². The van der Waals surface area contributed by atoms with Gasteiger partial charge in [-0.1, -0.05) is 17.4 Å². The van der Waals surface area contributed by atoms with Crippen molar-refractivity contribution in [3.8, 4) is 28.9 Å². The second-order valence-electron chi connectivity index (χ2n) is 7.57. The third kappa shape index (κ3) is 4.30. The first-order chi connectivity index (χ1) is 16.3. The summed E-state index contributed by atoms with van der Waals surface area (Å²) in [6.45, 7) is 0.0683. The van der Waals surface area contributed by atoms with Gasteiger partial charge in [-0.3, -0.25) is 14.3 Å². The van der Waals surface area contributed by atoms with Crippen LogP contribution in [0.15, 0.2) is 75.9 Å². The molecule has 0 saturated heterocycles. The molecule has 5 aromatic rings. The van der Waals surface area contributed by atoms with E-state index in [-0.39, 0.29) is 22.2 Å². The molecule has 0 aliphatic carbocycles. The van der Waals surface area contributed by atoms with Gasteiger partial charge in [0.2, 0.25) is 5.88 Å². The van der Waals surface area contributed by atoms with Crippen LogP contribution in [0.25, 0.3) is 22.6 Å². The molecule has 172 valence electrons. The Morgan fingerprint density at radius 2 is 1.94 bits per heavy atom. The first-order valence-corrected chi connectivity index (χ1v) is 12.8. The quantitative estimate of drug-likeness (QED) is 0.368. The fraction of sp³-hybridized carbons (Fsp3) is 0.0870. The van der Waals surface area contributed by atoms with Crippen LogP contribution in [-0.4, -0.2) is 39.3 Å². The number of aromatic amines is 1. The van der Waals surface area contributed by atoms with Crippen molar-refractivity contribution in [2.45, 2.75) is 11.4 Å². The van der Waals surface area contributed by atoms with Crippen molar-refractivity contribution >= 4 is 32.2 Å². The molecule has 0 aliphatic heterocycles. The van der Waals surface area contributed by atoms with E-state index in [4.69, 9.17) is 4.74 Å². The molecule has 34 heavy (non-hydrogen) atoms. The fourth-order valence-corrected chi connectivity index (χ4v) is 4.70. The molecule has 2 N–H and O–H groups in total. The molecule has 0 fully saturated rings. The van der Waals surface area contributed by atoms with Gasteiger partial charge in [0.15, 0.2) is 15.7 Å². The number of H-pyrrole nitrogens is 1. The average Bonchev–Trinajstić information content (AvgIpc) is 3.37. The maximum atomic E-state index is 12.2. The lowest BCUT2D eigenvalue weighted by Gasteiger charge is -2.12. The Hall–Kier alpha value is -3.96. The summed E-state index contributed by atoms with van der Waals surface area (Å²) in [5.74, 6) is 1.26. The number of benzene rings is 2. The minimum absolute atomic E-state index is 0.0683. The van der Waals surface area contributed by atoms with E-state index in [2.05, 4.69) is 15.0 Å². The zero-order valence-electron chi connectivity index (χ0n) is 17.8. The first kappa shape index (κ1) is 21.9. The highest BCUT2D eigenvalue weighted by molar-refractivity contribution is 7.90. The standard InChI is InChI=1S/C23H18N4O5S2/c1-34(30,31)16-7-5-15(6-8-16)32-20-11-19-18(25-22(26-19)17-4-2-3-9-24-17)10-14(20)12-27-21(28)13-33-23(27)29/h2-11,13,28H,12H2,1H3,(H,25,26). The zero-order chi connectivity index (χ0) is 23.9. The molecule has 0 radical (unpaired) electrons. The Balaban J connectivity index is 1.59. The normalized spacial score (nSPS) is 11.7. The second kappa shape index (κ2) is 8.43. The second-order valence-corrected chi connectivity index (χ2v) is 10.4. The molecule has 11 heteroatoms. The van der Waals surface area contributed by atoms with E-state index < -0.39 is 9.84 Å². The Bertz CT molecular complexity index is 1650. The Morgan fingerprint density at radius 3 is 2.59 bits per heavy atom. The molecule has 0 atom stereocenters. The maximum Gasteiger partial charge on any atom is 0.310 e. The number of pyridine rings is 1. The number of hydrogen-bond donors (Lipinski definition) is 2. The number of thiazole rings is 1. The van der Waals surface area contributed by atoms with E-state index >= 15 is 0 Å². The lowest BCUT2D eigenvalue weighted by atomic mass is 10.1. The number of nitrogens with zero attached hydrogens (tertiary/aromatic N) is 3. The summed E-state index contributed by atoms with van der Waals surface area (Å²) in [6, 6.07) is 15.1. The summed E-state index contributed by atoms with van der Waals surface area (Å²) in [5, 5.41) is 11.5. The number of ether oxygens (including phenoxy) is 1. The van der Waals surface area contributed by atoms with Crippen molar-refractivity contribution < 1.29 is 18.3 Å². The number of nitrogens with one attached hydrogen (secondary N) is 1. The van der Waals surface area contributed by atoms with E-state index in [0.29, 0.717) is 39.6 Å². The van der Waals surface area contributed by atoms with Crippen LogP contribution >= 0.6 is 11.3 Å². The Labute approximate surface area is 197 Å². The first-order valence-electron chi connectivity index (χ1n) is 10.1. The van der Waals surface area contributed by atoms with Gasteiger partial charge in [0.1, 0.15) is 17.2 Å². The van der Waals surface area contributed by atoms with Gasteiger partial charge >= 0.3 is 4.87 Å². The molecule has 5 rings (SSSR count). The van der Waals surface area contributed by atoms with Crippen LogP contribution in [0.3, 0.4) is 0 Å². The van der Waals surface area contributed by atoms with Gasteiger partial charge in [0.05, 0.1) is 27.9 Å². The number of hydrogen-bond acceptors (Lipinski definition) is 8. The number of aromatic nitrogens is 4. The number of sulfone groups is 1. The molecule has 9 nitrogen and oxygen atoms in total. The molecule has 3 heterocycles. The van der Waals surface area contributed by atoms with E-state index in [1.54, 1.807) is 30.5 Å². The molecule has 0 spiro atoms. The minimum Gasteiger partial charge on any atom is -0.494 e. The van der Waals surface area contributed by atoms with Crippen molar-refractivity contribution in [1.29, 1.82) is 0 Å². The molecule has 0 saturated carbocycles. The molecule has 0 bridgehead atoms. The smallest absolute Gasteiger partial charge is 0.310 e. The summed E-state index contributed by atoms with van der Waals surface area (Å²) in [5.41, 5.74) is 2.62. The summed E-state index contributed by atoms with van der Waals surface area (Å²) in [7, 11) is -3.34. The summed E-state index contributed by atoms with van der Waals surface area (Å²) in [4.78, 5) is 24.2. The number of rotatable bonds is 6. The third-order valence-electron chi connectivity index (χ3n) is 5.14. The lowest BCUT2D eigenvalue weighted by Crippen LogP contribution is -2.13. The van der Waals surface area contributed by atoms with Crippen LogP contribution < -0.4 is 9.61 Å². The van der Waals surface area contributed by atoms with Crippen LogP contribution in [0.2, 0.25) is 0 Å². The molecule has 0 aliphatic rings. The molecule has 2 aromatic carbocycles. The summed E-state index contributed by atoms with van der Waals surface area (Å²) in [6.07, 6.45) is 2.81.